The van der Waals surface area contributed by atoms with Gasteiger partial charge in [-0.15, -0.1) is 11.3 Å². The average molecular weight is 300 g/mol. The van der Waals surface area contributed by atoms with Crippen LogP contribution < -0.4 is 0 Å². The van der Waals surface area contributed by atoms with E-state index in [4.69, 9.17) is 17.2 Å². The highest BCUT2D eigenvalue weighted by Crippen LogP contribution is 2.37. The van der Waals surface area contributed by atoms with Gasteiger partial charge in [0.2, 0.25) is 0 Å². The summed E-state index contributed by atoms with van der Waals surface area (Å²) in [7, 11) is 0. The maximum atomic E-state index is 5.66. The van der Waals surface area contributed by atoms with Crippen LogP contribution in [0.15, 0.2) is 30.3 Å². The van der Waals surface area contributed by atoms with E-state index in [1.807, 2.05) is 13.0 Å². The van der Waals surface area contributed by atoms with Crippen molar-refractivity contribution in [1.29, 1.82) is 0 Å². The van der Waals surface area contributed by atoms with Crippen molar-refractivity contribution in [3.8, 4) is 10.4 Å². The quantitative estimate of drug-likeness (QED) is 0.610. The molecule has 0 amide bonds. The lowest BCUT2D eigenvalue weighted by atomic mass is 10.1. The molecule has 3 rings (SSSR count). The van der Waals surface area contributed by atoms with Crippen molar-refractivity contribution in [1.82, 2.24) is 9.55 Å². The summed E-state index contributed by atoms with van der Waals surface area (Å²) < 4.78 is 3.01. The molecule has 0 atom stereocenters. The van der Waals surface area contributed by atoms with Gasteiger partial charge >= 0.3 is 0 Å². The van der Waals surface area contributed by atoms with E-state index in [0.717, 1.165) is 27.2 Å². The predicted octanol–water partition coefficient (Wildman–Crippen LogP) is 5.13. The highest BCUT2D eigenvalue weighted by molar-refractivity contribution is 7.71. The van der Waals surface area contributed by atoms with Gasteiger partial charge in [0.1, 0.15) is 15.3 Å². The minimum atomic E-state index is 0.865. The smallest absolute Gasteiger partial charge is 0.129 e. The molecule has 3 aromatic rings. The molecule has 0 spiro atoms. The first-order valence-corrected chi connectivity index (χ1v) is 7.92. The summed E-state index contributed by atoms with van der Waals surface area (Å²) >= 11 is 7.39. The Morgan fingerprint density at radius 3 is 2.55 bits per heavy atom. The fraction of sp³-hybridized carbons (Fsp3) is 0.250. The molecule has 20 heavy (non-hydrogen) atoms. The Balaban J connectivity index is 2.37. The first-order chi connectivity index (χ1) is 9.63. The fourth-order valence-electron chi connectivity index (χ4n) is 2.56. The molecule has 0 N–H and O–H groups in total. The lowest BCUT2D eigenvalue weighted by Crippen LogP contribution is -2.04. The maximum absolute atomic E-state index is 5.66. The molecule has 0 aliphatic carbocycles. The van der Waals surface area contributed by atoms with Gasteiger partial charge in [-0.1, -0.05) is 42.5 Å². The zero-order chi connectivity index (χ0) is 14.3. The third-order valence-electron chi connectivity index (χ3n) is 3.59. The minimum absolute atomic E-state index is 0.865. The van der Waals surface area contributed by atoms with Crippen molar-refractivity contribution in [2.75, 3.05) is 0 Å². The van der Waals surface area contributed by atoms with Gasteiger partial charge in [-0.2, -0.15) is 0 Å². The van der Waals surface area contributed by atoms with Crippen LogP contribution in [-0.4, -0.2) is 9.55 Å². The Morgan fingerprint density at radius 2 is 1.90 bits per heavy atom. The third-order valence-corrected chi connectivity index (χ3v) is 5.25. The highest BCUT2D eigenvalue weighted by atomic mass is 32.1. The van der Waals surface area contributed by atoms with E-state index in [-0.39, 0.29) is 0 Å². The first-order valence-electron chi connectivity index (χ1n) is 6.69. The van der Waals surface area contributed by atoms with E-state index in [1.165, 1.54) is 16.0 Å². The van der Waals surface area contributed by atoms with Crippen molar-refractivity contribution in [3.63, 3.8) is 0 Å². The number of nitrogens with zero attached hydrogens (tertiary/aromatic N) is 2. The first kappa shape index (κ1) is 13.5. The van der Waals surface area contributed by atoms with Crippen LogP contribution in [0, 0.1) is 18.5 Å². The molecule has 4 heteroatoms. The van der Waals surface area contributed by atoms with Crippen LogP contribution in [0.25, 0.3) is 20.7 Å². The number of thiophene rings is 1. The van der Waals surface area contributed by atoms with E-state index >= 15 is 0 Å². The molecule has 0 unspecified atom stereocenters. The Kier molecular flexibility index (Phi) is 3.44. The van der Waals surface area contributed by atoms with Crippen LogP contribution in [0.4, 0.5) is 0 Å². The van der Waals surface area contributed by atoms with E-state index in [2.05, 4.69) is 42.7 Å². The number of fused-ring (bicyclic) bond motifs is 1. The van der Waals surface area contributed by atoms with E-state index in [1.54, 1.807) is 11.3 Å². The van der Waals surface area contributed by atoms with Gasteiger partial charge in [0.15, 0.2) is 0 Å². The van der Waals surface area contributed by atoms with Gasteiger partial charge < -0.3 is 4.57 Å². The second-order valence-corrected chi connectivity index (χ2v) is 6.20. The molecule has 0 saturated heterocycles. The van der Waals surface area contributed by atoms with Gasteiger partial charge in [-0.3, -0.25) is 0 Å². The third kappa shape index (κ3) is 2.00. The van der Waals surface area contributed by atoms with Gasteiger partial charge in [0.05, 0.1) is 0 Å². The number of rotatable bonds is 2. The summed E-state index contributed by atoms with van der Waals surface area (Å²) in [5.74, 6) is 0.992. The standard InChI is InChI=1S/C16H16N2S2/c1-4-18-11(3)17-15-13(16(18)19)10(2)14(20-15)12-8-6-5-7-9-12/h5-9H,4H2,1-3H3. The van der Waals surface area contributed by atoms with Crippen molar-refractivity contribution >= 4 is 33.8 Å². The number of hydrogen-bond acceptors (Lipinski definition) is 3. The monoisotopic (exact) mass is 300 g/mol. The SMILES string of the molecule is CCn1c(C)nc2sc(-c3ccccc3)c(C)c2c1=S. The van der Waals surface area contributed by atoms with Crippen LogP contribution in [0.2, 0.25) is 0 Å². The molecule has 2 heterocycles. The van der Waals surface area contributed by atoms with Crippen molar-refractivity contribution in [3.05, 3.63) is 46.4 Å². The van der Waals surface area contributed by atoms with Crippen LogP contribution in [0.5, 0.6) is 0 Å². The van der Waals surface area contributed by atoms with Gasteiger partial charge in [0, 0.05) is 16.8 Å². The molecule has 2 aromatic heterocycles. The summed E-state index contributed by atoms with van der Waals surface area (Å²) in [6, 6.07) is 10.5. The maximum Gasteiger partial charge on any atom is 0.129 e. The summed E-state index contributed by atoms with van der Waals surface area (Å²) in [5.41, 5.74) is 2.49. The zero-order valence-corrected chi connectivity index (χ0v) is 13.4. The largest absolute Gasteiger partial charge is 0.321 e. The van der Waals surface area contributed by atoms with Crippen LogP contribution in [0.1, 0.15) is 18.3 Å². The number of hydrogen-bond donors (Lipinski definition) is 0. The van der Waals surface area contributed by atoms with Crippen LogP contribution in [0.3, 0.4) is 0 Å². The molecule has 0 aliphatic heterocycles. The highest BCUT2D eigenvalue weighted by Gasteiger charge is 2.14. The van der Waals surface area contributed by atoms with Gasteiger partial charge in [-0.25, -0.2) is 4.98 Å². The lowest BCUT2D eigenvalue weighted by Gasteiger charge is -2.08. The summed E-state index contributed by atoms with van der Waals surface area (Å²) in [6.07, 6.45) is 0. The Hall–Kier alpha value is -1.52. The van der Waals surface area contributed by atoms with E-state index in [9.17, 15) is 0 Å². The molecule has 0 saturated carbocycles. The van der Waals surface area contributed by atoms with Crippen molar-refractivity contribution in [2.45, 2.75) is 27.3 Å². The molecule has 102 valence electrons. The average Bonchev–Trinajstić information content (AvgIpc) is 2.77. The van der Waals surface area contributed by atoms with Gasteiger partial charge in [0.25, 0.3) is 0 Å². The number of aromatic nitrogens is 2. The molecule has 0 aliphatic rings. The zero-order valence-electron chi connectivity index (χ0n) is 11.8. The second-order valence-electron chi connectivity index (χ2n) is 4.81. The van der Waals surface area contributed by atoms with Gasteiger partial charge in [-0.05, 0) is 31.9 Å². The normalized spacial score (nSPS) is 11.2. The van der Waals surface area contributed by atoms with E-state index < -0.39 is 0 Å². The van der Waals surface area contributed by atoms with Crippen LogP contribution in [-0.2, 0) is 6.54 Å². The topological polar surface area (TPSA) is 17.8 Å². The molecule has 1 aromatic carbocycles. The molecular formula is C16H16N2S2. The Bertz CT molecular complexity index is 829. The molecular weight excluding hydrogens is 284 g/mol. The molecule has 0 fully saturated rings. The predicted molar refractivity (Wildman–Crippen MR) is 89.0 cm³/mol. The second kappa shape index (κ2) is 5.11. The number of aryl methyl sites for hydroxylation is 2. The summed E-state index contributed by atoms with van der Waals surface area (Å²) in [5, 5.41) is 1.14. The van der Waals surface area contributed by atoms with Crippen LogP contribution >= 0.6 is 23.6 Å². The summed E-state index contributed by atoms with van der Waals surface area (Å²) in [6.45, 7) is 7.14. The van der Waals surface area contributed by atoms with Crippen molar-refractivity contribution in [2.24, 2.45) is 0 Å². The fourth-order valence-corrected chi connectivity index (χ4v) is 4.36. The number of benzene rings is 1. The lowest BCUT2D eigenvalue weighted by molar-refractivity contribution is 0.701. The molecule has 2 nitrogen and oxygen atoms in total. The minimum Gasteiger partial charge on any atom is -0.321 e. The molecule has 0 bridgehead atoms. The Labute approximate surface area is 127 Å². The summed E-state index contributed by atoms with van der Waals surface area (Å²) in [4.78, 5) is 7.05. The van der Waals surface area contributed by atoms with E-state index in [0.29, 0.717) is 0 Å². The van der Waals surface area contributed by atoms with Crippen molar-refractivity contribution < 1.29 is 0 Å². The molecule has 0 radical (unpaired) electrons. The Morgan fingerprint density at radius 1 is 1.20 bits per heavy atom.